The molecule has 0 aliphatic heterocycles. The maximum atomic E-state index is 4.25. The summed E-state index contributed by atoms with van der Waals surface area (Å²) < 4.78 is 0. The molecule has 0 aliphatic rings. The van der Waals surface area contributed by atoms with Crippen LogP contribution < -0.4 is 0 Å². The van der Waals surface area contributed by atoms with Gasteiger partial charge in [-0.1, -0.05) is 184 Å². The summed E-state index contributed by atoms with van der Waals surface area (Å²) in [4.78, 5) is 19.9. The summed E-state index contributed by atoms with van der Waals surface area (Å²) in [5, 5.41) is 0. The van der Waals surface area contributed by atoms with Crippen LogP contribution >= 0.6 is 0 Å². The quantitative estimate of drug-likeness (QED) is 0.179. The van der Waals surface area contributed by atoms with Crippen molar-refractivity contribution < 1.29 is 0 Å². The number of benzene rings is 3. The third kappa shape index (κ3) is 27.1. The van der Waals surface area contributed by atoms with E-state index in [2.05, 4.69) is 67.4 Å². The van der Waals surface area contributed by atoms with Crippen molar-refractivity contribution in [2.45, 2.75) is 69.2 Å². The second kappa shape index (κ2) is 43.1. The number of pyridine rings is 5. The van der Waals surface area contributed by atoms with Gasteiger partial charge in [-0.15, -0.1) is 0 Å². The van der Waals surface area contributed by atoms with Crippen LogP contribution in [0.25, 0.3) is 33.5 Å². The van der Waals surface area contributed by atoms with E-state index in [4.69, 9.17) is 0 Å². The van der Waals surface area contributed by atoms with Gasteiger partial charge in [0.25, 0.3) is 0 Å². The van der Waals surface area contributed by atoms with Crippen molar-refractivity contribution in [3.63, 3.8) is 0 Å². The molecule has 0 fully saturated rings. The van der Waals surface area contributed by atoms with E-state index in [1.807, 2.05) is 221 Å². The highest BCUT2D eigenvalue weighted by Gasteiger charge is 1.95. The summed E-state index contributed by atoms with van der Waals surface area (Å²) in [6, 6.07) is 56.1. The minimum Gasteiger partial charge on any atom is -0.265 e. The molecule has 8 aromatic rings. The van der Waals surface area contributed by atoms with Gasteiger partial charge >= 0.3 is 0 Å². The minimum atomic E-state index is 1.03. The van der Waals surface area contributed by atoms with Gasteiger partial charge in [-0.3, -0.25) is 24.9 Å². The van der Waals surface area contributed by atoms with Gasteiger partial charge in [0.2, 0.25) is 0 Å². The van der Waals surface area contributed by atoms with Crippen LogP contribution in [0, 0.1) is 0 Å². The van der Waals surface area contributed by atoms with Crippen LogP contribution in [0.1, 0.15) is 69.2 Å². The number of aromatic nitrogens is 5. The maximum absolute atomic E-state index is 4.25. The van der Waals surface area contributed by atoms with Crippen molar-refractivity contribution in [2.24, 2.45) is 0 Å². The largest absolute Gasteiger partial charge is 0.265 e. The van der Waals surface area contributed by atoms with Crippen molar-refractivity contribution in [1.29, 1.82) is 0 Å². The van der Waals surface area contributed by atoms with Gasteiger partial charge in [-0.25, -0.2) is 0 Å². The van der Waals surface area contributed by atoms with E-state index in [9.17, 15) is 0 Å². The first-order chi connectivity index (χ1) is 28.9. The lowest BCUT2D eigenvalue weighted by Crippen LogP contribution is -1.79. The van der Waals surface area contributed by atoms with Crippen LogP contribution in [0.15, 0.2) is 226 Å². The summed E-state index contributed by atoms with van der Waals surface area (Å²) in [5.41, 5.74) is 7.02. The summed E-state index contributed by atoms with van der Waals surface area (Å²) in [6.45, 7) is 20.0. The van der Waals surface area contributed by atoms with E-state index in [1.165, 1.54) is 16.7 Å². The molecule has 304 valence electrons. The van der Waals surface area contributed by atoms with E-state index in [1.54, 1.807) is 31.0 Å². The molecule has 0 unspecified atom stereocenters. The van der Waals surface area contributed by atoms with Crippen molar-refractivity contribution in [2.75, 3.05) is 0 Å². The molecule has 0 saturated heterocycles. The molecule has 0 radical (unpaired) electrons. The fourth-order valence-corrected chi connectivity index (χ4v) is 4.11. The Kier molecular flexibility index (Phi) is 39.8. The minimum absolute atomic E-state index is 1.03. The second-order valence-corrected chi connectivity index (χ2v) is 9.84. The van der Waals surface area contributed by atoms with Gasteiger partial charge in [0, 0.05) is 61.3 Å². The molecule has 3 aromatic carbocycles. The topological polar surface area (TPSA) is 64.5 Å². The lowest BCUT2D eigenvalue weighted by atomic mass is 10.1. The normalized spacial score (nSPS) is 8.17. The molecule has 0 saturated carbocycles. The highest BCUT2D eigenvalue weighted by molar-refractivity contribution is 5.62. The monoisotopic (exact) mass is 774 g/mol. The molecule has 5 heteroatoms. The molecule has 0 aliphatic carbocycles. The Balaban J connectivity index is 0. The summed E-state index contributed by atoms with van der Waals surface area (Å²) >= 11 is 0. The first-order valence-corrected chi connectivity index (χ1v) is 20.5. The number of hydrogen-bond acceptors (Lipinski definition) is 5. The zero-order valence-electron chi connectivity index (χ0n) is 36.6. The predicted molar refractivity (Wildman–Crippen MR) is 254 cm³/mol. The van der Waals surface area contributed by atoms with Crippen LogP contribution in [0.5, 0.6) is 0 Å². The average Bonchev–Trinajstić information content (AvgIpc) is 3.38. The fourth-order valence-electron chi connectivity index (χ4n) is 4.11. The van der Waals surface area contributed by atoms with E-state index < -0.39 is 0 Å². The molecule has 0 N–H and O–H groups in total. The Labute approximate surface area is 352 Å². The summed E-state index contributed by atoms with van der Waals surface area (Å²) in [5.74, 6) is 0. The SMILES string of the molecule is CC.CC.CC.CC.CC.c1ccc(-c2ccccn2)cc1.c1ccc(-c2cccnc2)cc1.c1ccc(-c2ccncc2)cc1.c1ccncc1.c1ccncc1. The van der Waals surface area contributed by atoms with Crippen LogP contribution in [0.3, 0.4) is 0 Å². The molecule has 5 aromatic heterocycles. The van der Waals surface area contributed by atoms with E-state index in [0.717, 1.165) is 16.8 Å². The Morgan fingerprint density at radius 1 is 0.224 bits per heavy atom. The standard InChI is InChI=1S/3C11H9N.2C5H5N.5C2H6/c1-2-6-10(7-3-1)11-8-4-5-9-12-11;1-2-5-10(6-3-1)11-7-4-8-12-9-11;1-2-4-10(5-3-1)11-6-8-12-9-7-11;2*1-2-4-6-5-3-1;5*1-2/h3*1-9H;2*1-5H;5*1-2H3. The molecule has 0 spiro atoms. The molecule has 58 heavy (non-hydrogen) atoms. The molecule has 0 atom stereocenters. The lowest BCUT2D eigenvalue weighted by molar-refractivity contribution is 1.33. The predicted octanol–water partition coefficient (Wildman–Crippen LogP) is 15.5. The molecule has 5 nitrogen and oxygen atoms in total. The fraction of sp³-hybridized carbons (Fsp3) is 0.189. The third-order valence-corrected chi connectivity index (χ3v) is 6.42. The Morgan fingerprint density at radius 3 is 0.879 bits per heavy atom. The lowest BCUT2D eigenvalue weighted by Gasteiger charge is -1.98. The molecular weight excluding hydrogens is 707 g/mol. The van der Waals surface area contributed by atoms with E-state index in [-0.39, 0.29) is 0 Å². The van der Waals surface area contributed by atoms with Crippen LogP contribution in [0.2, 0.25) is 0 Å². The molecule has 0 bridgehead atoms. The zero-order chi connectivity index (χ0) is 43.2. The third-order valence-electron chi connectivity index (χ3n) is 6.42. The van der Waals surface area contributed by atoms with Crippen molar-refractivity contribution >= 4 is 0 Å². The van der Waals surface area contributed by atoms with Crippen LogP contribution in [-0.4, -0.2) is 24.9 Å². The molecule has 8 rings (SSSR count). The van der Waals surface area contributed by atoms with Gasteiger partial charge < -0.3 is 0 Å². The first kappa shape index (κ1) is 53.5. The van der Waals surface area contributed by atoms with Crippen molar-refractivity contribution in [1.82, 2.24) is 24.9 Å². The van der Waals surface area contributed by atoms with Gasteiger partial charge in [0.05, 0.1) is 5.69 Å². The smallest absolute Gasteiger partial charge is 0.0701 e. The number of nitrogens with zero attached hydrogens (tertiary/aromatic N) is 5. The van der Waals surface area contributed by atoms with Crippen LogP contribution in [-0.2, 0) is 0 Å². The van der Waals surface area contributed by atoms with Crippen molar-refractivity contribution in [3.8, 4) is 33.5 Å². The van der Waals surface area contributed by atoms with E-state index in [0.29, 0.717) is 0 Å². The number of hydrogen-bond donors (Lipinski definition) is 0. The van der Waals surface area contributed by atoms with Crippen molar-refractivity contribution in [3.05, 3.63) is 226 Å². The Morgan fingerprint density at radius 2 is 0.534 bits per heavy atom. The highest BCUT2D eigenvalue weighted by atomic mass is 14.7. The highest BCUT2D eigenvalue weighted by Crippen LogP contribution is 2.17. The van der Waals surface area contributed by atoms with Gasteiger partial charge in [0.1, 0.15) is 0 Å². The Bertz CT molecular complexity index is 1490. The van der Waals surface area contributed by atoms with Gasteiger partial charge in [-0.2, -0.15) is 0 Å². The molecule has 5 heterocycles. The van der Waals surface area contributed by atoms with Crippen LogP contribution in [0.4, 0.5) is 0 Å². The Hall–Kier alpha value is -6.59. The first-order valence-electron chi connectivity index (χ1n) is 20.5. The maximum Gasteiger partial charge on any atom is 0.0701 e. The molecular formula is C53H67N5. The zero-order valence-corrected chi connectivity index (χ0v) is 36.6. The average molecular weight is 774 g/mol. The van der Waals surface area contributed by atoms with Gasteiger partial charge in [-0.05, 0) is 76.9 Å². The number of rotatable bonds is 3. The van der Waals surface area contributed by atoms with E-state index >= 15 is 0 Å². The summed E-state index contributed by atoms with van der Waals surface area (Å²) in [7, 11) is 0. The van der Waals surface area contributed by atoms with Gasteiger partial charge in [0.15, 0.2) is 0 Å². The molecule has 0 amide bonds. The summed E-state index contributed by atoms with van der Waals surface area (Å²) in [6.07, 6.45) is 16.1. The second-order valence-electron chi connectivity index (χ2n) is 9.84.